The van der Waals surface area contributed by atoms with Crippen molar-refractivity contribution < 1.29 is 9.53 Å². The summed E-state index contributed by atoms with van der Waals surface area (Å²) in [6.45, 7) is 6.05. The molecule has 4 heteroatoms. The molecule has 0 fully saturated rings. The van der Waals surface area contributed by atoms with Crippen molar-refractivity contribution in [1.82, 2.24) is 0 Å². The van der Waals surface area contributed by atoms with E-state index >= 15 is 0 Å². The number of carbonyl (C=O) groups excluding carboxylic acids is 1. The molecule has 0 aliphatic carbocycles. The van der Waals surface area contributed by atoms with Crippen LogP contribution in [0.4, 0.5) is 0 Å². The number of esters is 1. The second-order valence-corrected chi connectivity index (χ2v) is 5.92. The first kappa shape index (κ1) is 13.1. The van der Waals surface area contributed by atoms with Crippen LogP contribution in [0.25, 0.3) is 0 Å². The monoisotopic (exact) mass is 263 g/mol. The van der Waals surface area contributed by atoms with Gasteiger partial charge in [-0.2, -0.15) is 11.8 Å². The Morgan fingerprint density at radius 2 is 2.11 bits per heavy atom. The van der Waals surface area contributed by atoms with E-state index in [1.54, 1.807) is 17.8 Å². The van der Waals surface area contributed by atoms with Gasteiger partial charge >= 0.3 is 5.97 Å². The maximum Gasteiger partial charge on any atom is 0.345 e. The van der Waals surface area contributed by atoms with Crippen LogP contribution < -0.4 is 0 Å². The molecule has 0 atom stereocenters. The molecule has 0 N–H and O–H groups in total. The lowest BCUT2D eigenvalue weighted by Gasteiger charge is -2.18. The Hall–Kier alpha value is -1.29. The van der Waals surface area contributed by atoms with Crippen LogP contribution in [0.1, 0.15) is 35.3 Å². The Morgan fingerprint density at radius 3 is 2.78 bits per heavy atom. The third kappa shape index (κ3) is 2.43. The van der Waals surface area contributed by atoms with E-state index in [0.717, 1.165) is 16.9 Å². The molecule has 0 bridgehead atoms. The molecule has 1 aliphatic heterocycles. The Balaban J connectivity index is 2.46. The van der Waals surface area contributed by atoms with E-state index in [9.17, 15) is 4.79 Å². The van der Waals surface area contributed by atoms with E-state index < -0.39 is 0 Å². The van der Waals surface area contributed by atoms with E-state index in [4.69, 9.17) is 4.74 Å². The van der Waals surface area contributed by atoms with Crippen molar-refractivity contribution in [2.24, 2.45) is 4.99 Å². The van der Waals surface area contributed by atoms with Crippen molar-refractivity contribution in [2.75, 3.05) is 12.0 Å². The molecule has 0 radical (unpaired) electrons. The molecule has 18 heavy (non-hydrogen) atoms. The summed E-state index contributed by atoms with van der Waals surface area (Å²) in [6, 6.07) is 5.62. The van der Waals surface area contributed by atoms with E-state index in [1.165, 1.54) is 0 Å². The number of carbonyl (C=O) groups is 1. The molecular formula is C14H17NO2S. The largest absolute Gasteiger partial charge is 0.404 e. The summed E-state index contributed by atoms with van der Waals surface area (Å²) in [4.78, 5) is 16.4. The molecule has 0 amide bonds. The van der Waals surface area contributed by atoms with Crippen LogP contribution in [-0.2, 0) is 4.74 Å². The zero-order valence-electron chi connectivity index (χ0n) is 11.1. The van der Waals surface area contributed by atoms with Gasteiger partial charge in [0, 0.05) is 5.75 Å². The maximum atomic E-state index is 11.8. The van der Waals surface area contributed by atoms with Crippen molar-refractivity contribution in [3.8, 4) is 0 Å². The molecule has 0 aromatic heterocycles. The third-order valence-electron chi connectivity index (χ3n) is 2.80. The molecule has 0 spiro atoms. The van der Waals surface area contributed by atoms with E-state index in [2.05, 4.69) is 4.99 Å². The Kier molecular flexibility index (Phi) is 3.48. The predicted molar refractivity (Wildman–Crippen MR) is 75.6 cm³/mol. The fraction of sp³-hybridized carbons (Fsp3) is 0.429. The third-order valence-corrected chi connectivity index (χ3v) is 3.79. The first-order valence-electron chi connectivity index (χ1n) is 5.85. The van der Waals surface area contributed by atoms with Gasteiger partial charge in [0.05, 0.1) is 16.7 Å². The normalized spacial score (nSPS) is 16.9. The van der Waals surface area contributed by atoms with Gasteiger partial charge in [-0.3, -0.25) is 0 Å². The van der Waals surface area contributed by atoms with Gasteiger partial charge in [-0.25, -0.2) is 9.79 Å². The lowest BCUT2D eigenvalue weighted by Crippen LogP contribution is -2.23. The zero-order chi connectivity index (χ0) is 13.3. The van der Waals surface area contributed by atoms with Crippen LogP contribution in [0.2, 0.25) is 0 Å². The summed E-state index contributed by atoms with van der Waals surface area (Å²) < 4.78 is 5.30. The van der Waals surface area contributed by atoms with Crippen LogP contribution in [0.15, 0.2) is 23.2 Å². The number of cyclic esters (lactones) is 1. The highest BCUT2D eigenvalue weighted by molar-refractivity contribution is 7.98. The minimum Gasteiger partial charge on any atom is -0.404 e. The van der Waals surface area contributed by atoms with Crippen LogP contribution >= 0.6 is 11.8 Å². The summed E-state index contributed by atoms with van der Waals surface area (Å²) in [5.74, 6) is 1.05. The molecule has 1 aromatic rings. The van der Waals surface area contributed by atoms with Crippen molar-refractivity contribution in [3.05, 3.63) is 34.9 Å². The Bertz CT molecular complexity index is 521. The average Bonchev–Trinajstić information content (AvgIpc) is 2.56. The highest BCUT2D eigenvalue weighted by atomic mass is 32.2. The minimum atomic E-state index is -0.299. The van der Waals surface area contributed by atoms with E-state index in [0.29, 0.717) is 11.5 Å². The first-order valence-corrected chi connectivity index (χ1v) is 7.25. The van der Waals surface area contributed by atoms with Crippen molar-refractivity contribution in [3.63, 3.8) is 0 Å². The topological polar surface area (TPSA) is 38.7 Å². The summed E-state index contributed by atoms with van der Waals surface area (Å²) in [7, 11) is 0. The second-order valence-electron chi connectivity index (χ2n) is 5.05. The molecule has 0 saturated carbocycles. The number of thioether (sulfide) groups is 1. The maximum absolute atomic E-state index is 11.8. The average molecular weight is 263 g/mol. The number of nitrogens with zero attached hydrogens (tertiary/aromatic N) is 1. The van der Waals surface area contributed by atoms with Gasteiger partial charge in [-0.05, 0) is 38.7 Å². The van der Waals surface area contributed by atoms with E-state index in [-0.39, 0.29) is 11.5 Å². The minimum absolute atomic E-state index is 0.237. The lowest BCUT2D eigenvalue weighted by atomic mass is 10.0. The summed E-state index contributed by atoms with van der Waals surface area (Å²) in [5.41, 5.74) is 2.25. The molecule has 1 aliphatic rings. The molecule has 0 saturated heterocycles. The fourth-order valence-corrected chi connectivity index (χ4v) is 2.83. The number of ether oxygens (including phenoxy) is 1. The second kappa shape index (κ2) is 4.76. The number of fused-ring (bicyclic) bond motifs is 1. The zero-order valence-corrected chi connectivity index (χ0v) is 11.9. The quantitative estimate of drug-likeness (QED) is 0.787. The van der Waals surface area contributed by atoms with Crippen molar-refractivity contribution >= 4 is 23.6 Å². The van der Waals surface area contributed by atoms with Gasteiger partial charge in [0.25, 0.3) is 0 Å². The van der Waals surface area contributed by atoms with Gasteiger partial charge in [-0.1, -0.05) is 12.1 Å². The number of aliphatic imine (C=N–C) groups is 1. The summed E-state index contributed by atoms with van der Waals surface area (Å²) >= 11 is 1.73. The summed E-state index contributed by atoms with van der Waals surface area (Å²) in [5, 5.41) is 0. The standard InChI is InChI=1S/C14H17NO2S/c1-9-6-5-7-10-11(9)12(17-13(10)16)15-14(2,3)8-18-4/h5-7H,8H2,1-4H3/b15-12-. The molecule has 0 unspecified atom stereocenters. The highest BCUT2D eigenvalue weighted by Crippen LogP contribution is 2.26. The van der Waals surface area contributed by atoms with Crippen LogP contribution in [0.3, 0.4) is 0 Å². The van der Waals surface area contributed by atoms with Crippen molar-refractivity contribution in [2.45, 2.75) is 26.3 Å². The smallest absolute Gasteiger partial charge is 0.345 e. The number of hydrogen-bond donors (Lipinski definition) is 0. The van der Waals surface area contributed by atoms with Crippen molar-refractivity contribution in [1.29, 1.82) is 0 Å². The number of hydrogen-bond acceptors (Lipinski definition) is 4. The van der Waals surface area contributed by atoms with Gasteiger partial charge in [0.1, 0.15) is 0 Å². The molecule has 96 valence electrons. The van der Waals surface area contributed by atoms with E-state index in [1.807, 2.05) is 39.2 Å². The van der Waals surface area contributed by atoms with Crippen LogP contribution in [-0.4, -0.2) is 29.4 Å². The lowest BCUT2D eigenvalue weighted by molar-refractivity contribution is 0.0736. The van der Waals surface area contributed by atoms with Gasteiger partial charge in [0.15, 0.2) is 0 Å². The number of benzene rings is 1. The Morgan fingerprint density at radius 1 is 1.39 bits per heavy atom. The van der Waals surface area contributed by atoms with Crippen LogP contribution in [0.5, 0.6) is 0 Å². The number of rotatable bonds is 3. The molecule has 1 heterocycles. The summed E-state index contributed by atoms with van der Waals surface area (Å²) in [6.07, 6.45) is 2.04. The SMILES string of the molecule is CSCC(C)(C)/N=C1\OC(=O)c2cccc(C)c21. The van der Waals surface area contributed by atoms with Gasteiger partial charge in [0.2, 0.25) is 5.90 Å². The van der Waals surface area contributed by atoms with Gasteiger partial charge in [-0.15, -0.1) is 0 Å². The molecule has 2 rings (SSSR count). The molecule has 3 nitrogen and oxygen atoms in total. The highest BCUT2D eigenvalue weighted by Gasteiger charge is 2.31. The fourth-order valence-electron chi connectivity index (χ4n) is 2.05. The number of aryl methyl sites for hydroxylation is 1. The first-order chi connectivity index (χ1) is 8.44. The molecule has 1 aromatic carbocycles. The molecular weight excluding hydrogens is 246 g/mol. The van der Waals surface area contributed by atoms with Crippen LogP contribution in [0, 0.1) is 6.92 Å². The van der Waals surface area contributed by atoms with Gasteiger partial charge < -0.3 is 4.74 Å². The predicted octanol–water partition coefficient (Wildman–Crippen LogP) is 3.05. The Labute approximate surface area is 112 Å².